The van der Waals surface area contributed by atoms with Crippen molar-refractivity contribution in [3.63, 3.8) is 0 Å². The molecule has 2 heterocycles. The molecule has 2 N–H and O–H groups in total. The van der Waals surface area contributed by atoms with Crippen LogP contribution in [0.25, 0.3) is 0 Å². The molecule has 0 bridgehead atoms. The summed E-state index contributed by atoms with van der Waals surface area (Å²) in [6.07, 6.45) is 3.21. The van der Waals surface area contributed by atoms with Gasteiger partial charge >= 0.3 is 5.82 Å². The van der Waals surface area contributed by atoms with E-state index in [4.69, 9.17) is 10.2 Å². The summed E-state index contributed by atoms with van der Waals surface area (Å²) < 4.78 is 7.42. The molecule has 7 nitrogen and oxygen atoms in total. The van der Waals surface area contributed by atoms with E-state index in [2.05, 4.69) is 21.0 Å². The molecule has 19 heavy (non-hydrogen) atoms. The molecule has 2 aromatic rings. The van der Waals surface area contributed by atoms with E-state index in [1.807, 2.05) is 12.1 Å². The quantitative estimate of drug-likeness (QED) is 0.646. The molecular formula is C11H13BrN4O3. The molecule has 0 aliphatic heterocycles. The van der Waals surface area contributed by atoms with Crippen molar-refractivity contribution in [3.05, 3.63) is 44.4 Å². The number of nitrogens with zero attached hydrogens (tertiary/aromatic N) is 3. The predicted octanol–water partition coefficient (Wildman–Crippen LogP) is 2.09. The average molecular weight is 329 g/mol. The summed E-state index contributed by atoms with van der Waals surface area (Å²) in [6.45, 7) is 0.976. The fourth-order valence-electron chi connectivity index (χ4n) is 1.67. The van der Waals surface area contributed by atoms with Gasteiger partial charge in [-0.1, -0.05) is 0 Å². The zero-order chi connectivity index (χ0) is 13.8. The minimum absolute atomic E-state index is 0.199. The van der Waals surface area contributed by atoms with E-state index in [9.17, 15) is 10.1 Å². The van der Waals surface area contributed by atoms with E-state index >= 15 is 0 Å². The van der Waals surface area contributed by atoms with Crippen LogP contribution < -0.4 is 5.73 Å². The molecule has 0 atom stereocenters. The van der Waals surface area contributed by atoms with Crippen LogP contribution in [0.4, 0.5) is 5.82 Å². The average Bonchev–Trinajstić information content (AvgIpc) is 2.94. The molecule has 0 aromatic carbocycles. The second kappa shape index (κ2) is 5.98. The predicted molar refractivity (Wildman–Crippen MR) is 71.8 cm³/mol. The molecule has 0 spiro atoms. The Morgan fingerprint density at radius 2 is 2.21 bits per heavy atom. The van der Waals surface area contributed by atoms with E-state index in [-0.39, 0.29) is 5.82 Å². The topological polar surface area (TPSA) is 100 Å². The van der Waals surface area contributed by atoms with Gasteiger partial charge in [0.1, 0.15) is 22.5 Å². The van der Waals surface area contributed by atoms with Gasteiger partial charge in [0.2, 0.25) is 0 Å². The number of nitro groups is 1. The van der Waals surface area contributed by atoms with Crippen LogP contribution in [-0.4, -0.2) is 21.2 Å². The maximum Gasteiger partial charge on any atom is 0.404 e. The number of aromatic nitrogens is 2. The number of hydrogen-bond donors (Lipinski definition) is 1. The van der Waals surface area contributed by atoms with E-state index in [1.165, 1.54) is 4.68 Å². The van der Waals surface area contributed by atoms with Crippen LogP contribution in [-0.2, 0) is 13.0 Å². The molecule has 8 heteroatoms. The Balaban J connectivity index is 2.06. The highest BCUT2D eigenvalue weighted by atomic mass is 79.9. The number of nitrogens with two attached hydrogens (primary N) is 1. The third-order valence-electron chi connectivity index (χ3n) is 2.53. The van der Waals surface area contributed by atoms with Gasteiger partial charge in [-0.3, -0.25) is 0 Å². The Bertz CT molecular complexity index is 578. The summed E-state index contributed by atoms with van der Waals surface area (Å²) in [7, 11) is 0. The van der Waals surface area contributed by atoms with Crippen molar-refractivity contribution in [3.8, 4) is 0 Å². The molecule has 0 unspecified atom stereocenters. The summed E-state index contributed by atoms with van der Waals surface area (Å²) in [5.41, 5.74) is 5.43. The first-order valence-corrected chi connectivity index (χ1v) is 6.54. The lowest BCUT2D eigenvalue weighted by atomic mass is 10.2. The summed E-state index contributed by atoms with van der Waals surface area (Å²) >= 11 is 3.10. The number of rotatable bonds is 6. The van der Waals surface area contributed by atoms with Gasteiger partial charge in [0, 0.05) is 6.42 Å². The minimum Gasteiger partial charge on any atom is -0.464 e. The molecule has 0 saturated heterocycles. The lowest BCUT2D eigenvalue weighted by molar-refractivity contribution is -0.390. The maximum absolute atomic E-state index is 10.7. The standard InChI is InChI=1S/C11H13BrN4O3/c12-10-7-15(14-11(10)16(17)18)6-9-4-3-8(19-9)2-1-5-13/h3-4,7H,1-2,5-6,13H2. The molecule has 0 saturated carbocycles. The first-order chi connectivity index (χ1) is 9.10. The van der Waals surface area contributed by atoms with E-state index in [0.29, 0.717) is 23.3 Å². The summed E-state index contributed by atoms with van der Waals surface area (Å²) in [5, 5.41) is 14.5. The van der Waals surface area contributed by atoms with Gasteiger partial charge in [-0.05, 0) is 46.0 Å². The maximum atomic E-state index is 10.7. The van der Waals surface area contributed by atoms with Crippen molar-refractivity contribution in [1.82, 2.24) is 9.78 Å². The molecule has 0 aliphatic rings. The van der Waals surface area contributed by atoms with Gasteiger partial charge in [-0.25, -0.2) is 0 Å². The zero-order valence-electron chi connectivity index (χ0n) is 10.1. The van der Waals surface area contributed by atoms with Crippen molar-refractivity contribution in [2.75, 3.05) is 6.54 Å². The first-order valence-electron chi connectivity index (χ1n) is 5.75. The van der Waals surface area contributed by atoms with Crippen molar-refractivity contribution in [2.45, 2.75) is 19.4 Å². The Kier molecular flexibility index (Phi) is 4.33. The van der Waals surface area contributed by atoms with Crippen LogP contribution in [0.2, 0.25) is 0 Å². The number of furan rings is 1. The number of halogens is 1. The third kappa shape index (κ3) is 3.42. The molecule has 2 rings (SSSR count). The van der Waals surface area contributed by atoms with Crippen LogP contribution >= 0.6 is 15.9 Å². The lowest BCUT2D eigenvalue weighted by Gasteiger charge is -1.95. The Morgan fingerprint density at radius 1 is 1.47 bits per heavy atom. The summed E-state index contributed by atoms with van der Waals surface area (Å²) in [6, 6.07) is 3.73. The molecule has 0 radical (unpaired) electrons. The smallest absolute Gasteiger partial charge is 0.404 e. The third-order valence-corrected chi connectivity index (χ3v) is 3.09. The second-order valence-electron chi connectivity index (χ2n) is 4.02. The van der Waals surface area contributed by atoms with E-state index in [0.717, 1.165) is 18.6 Å². The Morgan fingerprint density at radius 3 is 2.84 bits per heavy atom. The number of aryl methyl sites for hydroxylation is 1. The second-order valence-corrected chi connectivity index (χ2v) is 4.87. The summed E-state index contributed by atoms with van der Waals surface area (Å²) in [4.78, 5) is 10.1. The van der Waals surface area contributed by atoms with Crippen molar-refractivity contribution >= 4 is 21.7 Å². The summed E-state index contributed by atoms with van der Waals surface area (Å²) in [5.74, 6) is 1.37. The molecule has 2 aromatic heterocycles. The fourth-order valence-corrected chi connectivity index (χ4v) is 2.13. The van der Waals surface area contributed by atoms with Crippen LogP contribution in [0.1, 0.15) is 17.9 Å². The monoisotopic (exact) mass is 328 g/mol. The molecule has 0 fully saturated rings. The van der Waals surface area contributed by atoms with E-state index in [1.54, 1.807) is 6.20 Å². The fraction of sp³-hybridized carbons (Fsp3) is 0.364. The normalized spacial score (nSPS) is 10.8. The van der Waals surface area contributed by atoms with Crippen molar-refractivity contribution < 1.29 is 9.34 Å². The van der Waals surface area contributed by atoms with Gasteiger partial charge in [0.25, 0.3) is 0 Å². The van der Waals surface area contributed by atoms with Crippen LogP contribution in [0.5, 0.6) is 0 Å². The largest absolute Gasteiger partial charge is 0.464 e. The highest BCUT2D eigenvalue weighted by Crippen LogP contribution is 2.22. The Labute approximate surface area is 117 Å². The first kappa shape index (κ1) is 13.8. The van der Waals surface area contributed by atoms with Gasteiger partial charge < -0.3 is 20.3 Å². The molecule has 0 amide bonds. The SMILES string of the molecule is NCCCc1ccc(Cn2cc(Br)c([N+](=O)[O-])n2)o1. The molecular weight excluding hydrogens is 316 g/mol. The van der Waals surface area contributed by atoms with Crippen molar-refractivity contribution in [1.29, 1.82) is 0 Å². The minimum atomic E-state index is -0.532. The van der Waals surface area contributed by atoms with Crippen LogP contribution in [0, 0.1) is 10.1 Å². The van der Waals surface area contributed by atoms with Crippen molar-refractivity contribution in [2.24, 2.45) is 5.73 Å². The van der Waals surface area contributed by atoms with Gasteiger partial charge in [-0.15, -0.1) is 0 Å². The van der Waals surface area contributed by atoms with Gasteiger partial charge in [0.05, 0.1) is 11.3 Å². The van der Waals surface area contributed by atoms with Gasteiger partial charge in [-0.2, -0.15) is 4.68 Å². The van der Waals surface area contributed by atoms with Crippen LogP contribution in [0.3, 0.4) is 0 Å². The van der Waals surface area contributed by atoms with E-state index < -0.39 is 4.92 Å². The highest BCUT2D eigenvalue weighted by Gasteiger charge is 2.19. The zero-order valence-corrected chi connectivity index (χ0v) is 11.7. The Hall–Kier alpha value is -1.67. The molecule has 102 valence electrons. The molecule has 0 aliphatic carbocycles. The highest BCUT2D eigenvalue weighted by molar-refractivity contribution is 9.10. The van der Waals surface area contributed by atoms with Crippen LogP contribution in [0.15, 0.2) is 27.2 Å². The lowest BCUT2D eigenvalue weighted by Crippen LogP contribution is -2.01. The number of hydrogen-bond acceptors (Lipinski definition) is 5. The van der Waals surface area contributed by atoms with Gasteiger partial charge in [0.15, 0.2) is 0 Å².